The third-order valence-electron chi connectivity index (χ3n) is 3.71. The minimum absolute atomic E-state index is 0.207. The number of aliphatic carboxylic acids is 1. The number of nitrogens with one attached hydrogen (secondary N) is 1. The normalized spacial score (nSPS) is 20.6. The van der Waals surface area contributed by atoms with Crippen molar-refractivity contribution in [2.24, 2.45) is 16.6 Å². The van der Waals surface area contributed by atoms with Gasteiger partial charge in [-0.15, -0.1) is 0 Å². The van der Waals surface area contributed by atoms with Crippen molar-refractivity contribution in [1.29, 1.82) is 0 Å². The molecule has 0 radical (unpaired) electrons. The quantitative estimate of drug-likeness (QED) is 0.685. The summed E-state index contributed by atoms with van der Waals surface area (Å²) in [7, 11) is 0. The lowest BCUT2D eigenvalue weighted by Crippen LogP contribution is -2.56. The zero-order chi connectivity index (χ0) is 14.7. The highest BCUT2D eigenvalue weighted by Gasteiger charge is 2.42. The van der Waals surface area contributed by atoms with Crippen LogP contribution in [0, 0.1) is 10.8 Å². The van der Waals surface area contributed by atoms with Gasteiger partial charge in [-0.1, -0.05) is 20.8 Å². The minimum atomic E-state index is -1.03. The van der Waals surface area contributed by atoms with E-state index in [0.29, 0.717) is 26.1 Å². The number of carbonyl (C=O) groups excluding carboxylic acids is 1. The predicted molar refractivity (Wildman–Crippen MR) is 70.6 cm³/mol. The third-order valence-corrected chi connectivity index (χ3v) is 3.71. The summed E-state index contributed by atoms with van der Waals surface area (Å²) < 4.78 is 5.24. The van der Waals surface area contributed by atoms with Crippen LogP contribution in [-0.4, -0.2) is 42.8 Å². The molecule has 1 heterocycles. The molecule has 0 saturated carbocycles. The molecule has 0 aliphatic carbocycles. The fourth-order valence-electron chi connectivity index (χ4n) is 2.22. The highest BCUT2D eigenvalue weighted by molar-refractivity contribution is 5.88. The van der Waals surface area contributed by atoms with Gasteiger partial charge >= 0.3 is 5.97 Å². The van der Waals surface area contributed by atoms with Gasteiger partial charge in [0.25, 0.3) is 0 Å². The first-order valence-corrected chi connectivity index (χ1v) is 6.54. The van der Waals surface area contributed by atoms with E-state index in [4.69, 9.17) is 10.5 Å². The molecule has 4 N–H and O–H groups in total. The van der Waals surface area contributed by atoms with Crippen LogP contribution in [0.4, 0.5) is 0 Å². The fraction of sp³-hybridized carbons (Fsp3) is 0.846. The molecule has 1 saturated heterocycles. The van der Waals surface area contributed by atoms with E-state index >= 15 is 0 Å². The summed E-state index contributed by atoms with van der Waals surface area (Å²) in [5, 5.41) is 11.9. The predicted octanol–water partition coefficient (Wildman–Crippen LogP) is 0.357. The van der Waals surface area contributed by atoms with Gasteiger partial charge in [-0.05, 0) is 18.3 Å². The first-order valence-electron chi connectivity index (χ1n) is 6.54. The second-order valence-electron chi connectivity index (χ2n) is 6.21. The number of carbonyl (C=O) groups is 2. The monoisotopic (exact) mass is 272 g/mol. The molecule has 6 nitrogen and oxygen atoms in total. The maximum absolute atomic E-state index is 12.4. The number of amides is 1. The van der Waals surface area contributed by atoms with Crippen molar-refractivity contribution in [3.05, 3.63) is 0 Å². The van der Waals surface area contributed by atoms with Gasteiger partial charge in [0.2, 0.25) is 5.91 Å². The number of rotatable bonds is 4. The van der Waals surface area contributed by atoms with Gasteiger partial charge in [0.05, 0.1) is 5.41 Å². The van der Waals surface area contributed by atoms with Crippen LogP contribution in [0.3, 0.4) is 0 Å². The van der Waals surface area contributed by atoms with Crippen molar-refractivity contribution >= 4 is 11.9 Å². The summed E-state index contributed by atoms with van der Waals surface area (Å²) in [6, 6.07) is -0.925. The first-order chi connectivity index (χ1) is 8.73. The molecule has 1 amide bonds. The fourth-order valence-corrected chi connectivity index (χ4v) is 2.22. The smallest absolute Gasteiger partial charge is 0.326 e. The summed E-state index contributed by atoms with van der Waals surface area (Å²) in [4.78, 5) is 23.7. The number of hydrogen-bond acceptors (Lipinski definition) is 4. The second kappa shape index (κ2) is 5.88. The molecule has 1 atom stereocenters. The van der Waals surface area contributed by atoms with Crippen LogP contribution in [0.5, 0.6) is 0 Å². The maximum atomic E-state index is 12.4. The highest BCUT2D eigenvalue weighted by atomic mass is 16.5. The van der Waals surface area contributed by atoms with Gasteiger partial charge in [-0.25, -0.2) is 4.79 Å². The van der Waals surface area contributed by atoms with Crippen LogP contribution in [0.1, 0.15) is 33.6 Å². The van der Waals surface area contributed by atoms with Crippen molar-refractivity contribution in [3.63, 3.8) is 0 Å². The Bertz CT molecular complexity index is 343. The zero-order valence-electron chi connectivity index (χ0n) is 11.9. The van der Waals surface area contributed by atoms with E-state index in [0.717, 1.165) is 0 Å². The molecule has 1 aliphatic rings. The summed E-state index contributed by atoms with van der Waals surface area (Å²) in [6.07, 6.45) is 1.07. The zero-order valence-corrected chi connectivity index (χ0v) is 11.9. The SMILES string of the molecule is CC(C)(C)[C@H](NC(=O)C1(CN)CCOCC1)C(=O)O. The van der Waals surface area contributed by atoms with Gasteiger partial charge in [-0.2, -0.15) is 0 Å². The summed E-state index contributed by atoms with van der Waals surface area (Å²) in [6.45, 7) is 6.52. The lowest BCUT2D eigenvalue weighted by atomic mass is 9.78. The van der Waals surface area contributed by atoms with Gasteiger partial charge < -0.3 is 20.9 Å². The maximum Gasteiger partial charge on any atom is 0.326 e. The lowest BCUT2D eigenvalue weighted by molar-refractivity contribution is -0.148. The van der Waals surface area contributed by atoms with Crippen LogP contribution in [-0.2, 0) is 14.3 Å². The summed E-state index contributed by atoms with van der Waals surface area (Å²) in [5.74, 6) is -1.30. The molecule has 1 fully saturated rings. The average molecular weight is 272 g/mol. The molecular formula is C13H24N2O4. The molecule has 0 bridgehead atoms. The van der Waals surface area contributed by atoms with E-state index in [1.54, 1.807) is 20.8 Å². The number of nitrogens with two attached hydrogens (primary N) is 1. The molecule has 19 heavy (non-hydrogen) atoms. The topological polar surface area (TPSA) is 102 Å². The second-order valence-corrected chi connectivity index (χ2v) is 6.21. The lowest BCUT2D eigenvalue weighted by Gasteiger charge is -2.37. The Kier molecular flexibility index (Phi) is 4.92. The standard InChI is InChI=1S/C13H24N2O4/c1-12(2,3)9(10(16)17)15-11(18)13(8-14)4-6-19-7-5-13/h9H,4-8,14H2,1-3H3,(H,15,18)(H,16,17)/t9-/m1/s1. The van der Waals surface area contributed by atoms with Crippen molar-refractivity contribution < 1.29 is 19.4 Å². The number of carboxylic acids is 1. The molecule has 0 spiro atoms. The molecule has 110 valence electrons. The number of carboxylic acid groups (broad SMARTS) is 1. The Balaban J connectivity index is 2.83. The minimum Gasteiger partial charge on any atom is -0.480 e. The van der Waals surface area contributed by atoms with E-state index in [2.05, 4.69) is 5.32 Å². The Morgan fingerprint density at radius 3 is 2.26 bits per heavy atom. The van der Waals surface area contributed by atoms with Crippen molar-refractivity contribution in [2.75, 3.05) is 19.8 Å². The van der Waals surface area contributed by atoms with E-state index in [9.17, 15) is 14.7 Å². The largest absolute Gasteiger partial charge is 0.480 e. The van der Waals surface area contributed by atoms with E-state index in [1.165, 1.54) is 0 Å². The van der Waals surface area contributed by atoms with Crippen LogP contribution in [0.25, 0.3) is 0 Å². The molecule has 1 rings (SSSR count). The van der Waals surface area contributed by atoms with Crippen molar-refractivity contribution in [2.45, 2.75) is 39.7 Å². The number of ether oxygens (including phenoxy) is 1. The molecule has 1 aliphatic heterocycles. The Morgan fingerprint density at radius 1 is 1.37 bits per heavy atom. The van der Waals surface area contributed by atoms with Gasteiger partial charge in [0.15, 0.2) is 0 Å². The van der Waals surface area contributed by atoms with Crippen molar-refractivity contribution in [3.8, 4) is 0 Å². The Hall–Kier alpha value is -1.14. The molecule has 6 heteroatoms. The molecular weight excluding hydrogens is 248 g/mol. The number of hydrogen-bond donors (Lipinski definition) is 3. The third kappa shape index (κ3) is 3.67. The van der Waals surface area contributed by atoms with Crippen molar-refractivity contribution in [1.82, 2.24) is 5.32 Å². The molecule has 0 aromatic rings. The van der Waals surface area contributed by atoms with Crippen LogP contribution >= 0.6 is 0 Å². The van der Waals surface area contributed by atoms with Crippen LogP contribution < -0.4 is 11.1 Å². The Morgan fingerprint density at radius 2 is 1.89 bits per heavy atom. The summed E-state index contributed by atoms with van der Waals surface area (Å²) >= 11 is 0. The highest BCUT2D eigenvalue weighted by Crippen LogP contribution is 2.30. The molecule has 0 aromatic carbocycles. The average Bonchev–Trinajstić information content (AvgIpc) is 2.34. The Labute approximate surface area is 113 Å². The molecule has 0 aromatic heterocycles. The van der Waals surface area contributed by atoms with E-state index in [1.807, 2.05) is 0 Å². The van der Waals surface area contributed by atoms with E-state index < -0.39 is 22.8 Å². The first kappa shape index (κ1) is 15.9. The summed E-state index contributed by atoms with van der Waals surface area (Å²) in [5.41, 5.74) is 4.49. The van der Waals surface area contributed by atoms with Crippen LogP contribution in [0.2, 0.25) is 0 Å². The van der Waals surface area contributed by atoms with Crippen LogP contribution in [0.15, 0.2) is 0 Å². The van der Waals surface area contributed by atoms with Gasteiger partial charge in [0.1, 0.15) is 6.04 Å². The van der Waals surface area contributed by atoms with Gasteiger partial charge in [0, 0.05) is 19.8 Å². The van der Waals surface area contributed by atoms with Gasteiger partial charge in [-0.3, -0.25) is 4.79 Å². The van der Waals surface area contributed by atoms with E-state index in [-0.39, 0.29) is 12.5 Å². The molecule has 0 unspecified atom stereocenters.